The zero-order chi connectivity index (χ0) is 15.4. The topological polar surface area (TPSA) is 46.9 Å². The zero-order valence-corrected chi connectivity index (χ0v) is 13.1. The maximum Gasteiger partial charge on any atom is 0.228 e. The van der Waals surface area contributed by atoms with Crippen molar-refractivity contribution in [3.8, 4) is 0 Å². The number of carbonyl (C=O) groups excluding carboxylic acids is 1. The SMILES string of the molecule is Cc1cc(NC(=O)C2CCCCC2)nn1Cc1ccccc1. The lowest BCUT2D eigenvalue weighted by Crippen LogP contribution is -2.25. The highest BCUT2D eigenvalue weighted by atomic mass is 16.2. The molecule has 0 saturated heterocycles. The summed E-state index contributed by atoms with van der Waals surface area (Å²) in [5.74, 6) is 0.960. The fourth-order valence-corrected chi connectivity index (χ4v) is 3.08. The first kappa shape index (κ1) is 14.8. The van der Waals surface area contributed by atoms with Crippen molar-refractivity contribution in [2.45, 2.75) is 45.6 Å². The lowest BCUT2D eigenvalue weighted by atomic mass is 9.89. The minimum Gasteiger partial charge on any atom is -0.309 e. The van der Waals surface area contributed by atoms with Gasteiger partial charge in [0, 0.05) is 17.7 Å². The van der Waals surface area contributed by atoms with E-state index in [4.69, 9.17) is 0 Å². The predicted molar refractivity (Wildman–Crippen MR) is 87.7 cm³/mol. The lowest BCUT2D eigenvalue weighted by molar-refractivity contribution is -0.120. The number of carbonyl (C=O) groups is 1. The van der Waals surface area contributed by atoms with Crippen LogP contribution in [0.4, 0.5) is 5.82 Å². The summed E-state index contributed by atoms with van der Waals surface area (Å²) in [6, 6.07) is 12.2. The lowest BCUT2D eigenvalue weighted by Gasteiger charge is -2.19. The number of nitrogens with one attached hydrogen (secondary N) is 1. The van der Waals surface area contributed by atoms with Gasteiger partial charge in [-0.05, 0) is 25.3 Å². The number of amides is 1. The summed E-state index contributed by atoms with van der Waals surface area (Å²) in [5, 5.41) is 7.51. The largest absolute Gasteiger partial charge is 0.309 e. The van der Waals surface area contributed by atoms with Crippen LogP contribution in [-0.4, -0.2) is 15.7 Å². The van der Waals surface area contributed by atoms with Gasteiger partial charge < -0.3 is 5.32 Å². The van der Waals surface area contributed by atoms with Gasteiger partial charge in [-0.2, -0.15) is 5.10 Å². The Bertz CT molecular complexity index is 627. The van der Waals surface area contributed by atoms with E-state index in [0.717, 1.165) is 25.1 Å². The van der Waals surface area contributed by atoms with Crippen LogP contribution < -0.4 is 5.32 Å². The van der Waals surface area contributed by atoms with Gasteiger partial charge in [-0.15, -0.1) is 0 Å². The van der Waals surface area contributed by atoms with Crippen molar-refractivity contribution in [2.75, 3.05) is 5.32 Å². The van der Waals surface area contributed by atoms with Gasteiger partial charge in [0.1, 0.15) is 0 Å². The van der Waals surface area contributed by atoms with Crippen LogP contribution in [0.5, 0.6) is 0 Å². The van der Waals surface area contributed by atoms with Crippen molar-refractivity contribution in [3.05, 3.63) is 47.7 Å². The maximum atomic E-state index is 12.3. The van der Waals surface area contributed by atoms with Gasteiger partial charge in [-0.3, -0.25) is 9.48 Å². The molecule has 4 heteroatoms. The molecule has 4 nitrogen and oxygen atoms in total. The summed E-state index contributed by atoms with van der Waals surface area (Å²) in [6.07, 6.45) is 5.61. The molecule has 116 valence electrons. The van der Waals surface area contributed by atoms with Crippen molar-refractivity contribution in [1.29, 1.82) is 0 Å². The predicted octanol–water partition coefficient (Wildman–Crippen LogP) is 3.76. The number of aryl methyl sites for hydroxylation is 1. The Hall–Kier alpha value is -2.10. The van der Waals surface area contributed by atoms with E-state index in [9.17, 15) is 4.79 Å². The van der Waals surface area contributed by atoms with Gasteiger partial charge in [0.15, 0.2) is 5.82 Å². The number of hydrogen-bond acceptors (Lipinski definition) is 2. The molecule has 1 fully saturated rings. The van der Waals surface area contributed by atoms with E-state index in [0.29, 0.717) is 5.82 Å². The summed E-state index contributed by atoms with van der Waals surface area (Å²) in [7, 11) is 0. The van der Waals surface area contributed by atoms with Crippen LogP contribution in [0.1, 0.15) is 43.4 Å². The minimum absolute atomic E-state index is 0.129. The summed E-state index contributed by atoms with van der Waals surface area (Å²) >= 11 is 0. The van der Waals surface area contributed by atoms with Crippen LogP contribution in [0.3, 0.4) is 0 Å². The van der Waals surface area contributed by atoms with Gasteiger partial charge in [-0.1, -0.05) is 49.6 Å². The van der Waals surface area contributed by atoms with Crippen molar-refractivity contribution in [3.63, 3.8) is 0 Å². The molecule has 0 bridgehead atoms. The Morgan fingerprint density at radius 2 is 1.95 bits per heavy atom. The quantitative estimate of drug-likeness (QED) is 0.934. The first-order valence-electron chi connectivity index (χ1n) is 8.11. The van der Waals surface area contributed by atoms with Crippen LogP contribution in [-0.2, 0) is 11.3 Å². The van der Waals surface area contributed by atoms with Gasteiger partial charge in [0.05, 0.1) is 6.54 Å². The summed E-state index contributed by atoms with van der Waals surface area (Å²) in [4.78, 5) is 12.3. The van der Waals surface area contributed by atoms with Gasteiger partial charge in [0.2, 0.25) is 5.91 Å². The average Bonchev–Trinajstić information content (AvgIpc) is 2.88. The molecule has 1 N–H and O–H groups in total. The maximum absolute atomic E-state index is 12.3. The first-order valence-corrected chi connectivity index (χ1v) is 8.11. The van der Waals surface area contributed by atoms with Crippen molar-refractivity contribution in [2.24, 2.45) is 5.92 Å². The third kappa shape index (κ3) is 3.56. The molecular weight excluding hydrogens is 274 g/mol. The van der Waals surface area contributed by atoms with Crippen molar-refractivity contribution >= 4 is 11.7 Å². The van der Waals surface area contributed by atoms with E-state index < -0.39 is 0 Å². The molecule has 0 spiro atoms. The second-order valence-electron chi connectivity index (χ2n) is 6.14. The molecule has 22 heavy (non-hydrogen) atoms. The highest BCUT2D eigenvalue weighted by molar-refractivity contribution is 5.91. The zero-order valence-electron chi connectivity index (χ0n) is 13.1. The Balaban J connectivity index is 1.65. The number of benzene rings is 1. The first-order chi connectivity index (χ1) is 10.7. The Labute approximate surface area is 131 Å². The molecule has 0 atom stereocenters. The molecule has 1 aromatic carbocycles. The monoisotopic (exact) mass is 297 g/mol. The molecule has 1 heterocycles. The summed E-state index contributed by atoms with van der Waals surface area (Å²) < 4.78 is 1.94. The van der Waals surface area contributed by atoms with Crippen LogP contribution in [0.25, 0.3) is 0 Å². The average molecular weight is 297 g/mol. The molecule has 1 amide bonds. The van der Waals surface area contributed by atoms with Gasteiger partial charge in [0.25, 0.3) is 0 Å². The number of hydrogen-bond donors (Lipinski definition) is 1. The van der Waals surface area contributed by atoms with Crippen LogP contribution in [0.2, 0.25) is 0 Å². The third-order valence-electron chi connectivity index (χ3n) is 4.38. The van der Waals surface area contributed by atoms with Gasteiger partial charge in [-0.25, -0.2) is 0 Å². The summed E-state index contributed by atoms with van der Waals surface area (Å²) in [6.45, 7) is 2.75. The van der Waals surface area contributed by atoms with Crippen LogP contribution in [0, 0.1) is 12.8 Å². The van der Waals surface area contributed by atoms with Crippen LogP contribution >= 0.6 is 0 Å². The third-order valence-corrected chi connectivity index (χ3v) is 4.38. The molecule has 1 aliphatic rings. The van der Waals surface area contributed by atoms with Crippen molar-refractivity contribution < 1.29 is 4.79 Å². The fourth-order valence-electron chi connectivity index (χ4n) is 3.08. The molecular formula is C18H23N3O. The summed E-state index contributed by atoms with van der Waals surface area (Å²) in [5.41, 5.74) is 2.27. The molecule has 0 aliphatic heterocycles. The molecule has 1 aliphatic carbocycles. The number of rotatable bonds is 4. The Morgan fingerprint density at radius 3 is 2.68 bits per heavy atom. The van der Waals surface area contributed by atoms with E-state index in [1.54, 1.807) is 0 Å². The van der Waals surface area contributed by atoms with E-state index in [-0.39, 0.29) is 11.8 Å². The molecule has 0 unspecified atom stereocenters. The molecule has 3 rings (SSSR count). The minimum atomic E-state index is 0.129. The highest BCUT2D eigenvalue weighted by Gasteiger charge is 2.21. The Morgan fingerprint density at radius 1 is 1.23 bits per heavy atom. The number of aromatic nitrogens is 2. The normalized spacial score (nSPS) is 15.7. The molecule has 0 radical (unpaired) electrons. The van der Waals surface area contributed by atoms with Gasteiger partial charge >= 0.3 is 0 Å². The van der Waals surface area contributed by atoms with Crippen molar-refractivity contribution in [1.82, 2.24) is 9.78 Å². The fraction of sp³-hybridized carbons (Fsp3) is 0.444. The molecule has 1 saturated carbocycles. The van der Waals surface area contributed by atoms with Crippen LogP contribution in [0.15, 0.2) is 36.4 Å². The van der Waals surface area contributed by atoms with E-state index in [1.165, 1.54) is 24.8 Å². The Kier molecular flexibility index (Phi) is 4.56. The highest BCUT2D eigenvalue weighted by Crippen LogP contribution is 2.25. The van der Waals surface area contributed by atoms with E-state index in [1.807, 2.05) is 35.9 Å². The standard InChI is InChI=1S/C18H23N3O/c1-14-12-17(19-18(22)16-10-6-3-7-11-16)20-21(14)13-15-8-4-2-5-9-15/h2,4-5,8-9,12,16H,3,6-7,10-11,13H2,1H3,(H,19,20,22). The molecule has 2 aromatic rings. The molecule has 1 aromatic heterocycles. The second kappa shape index (κ2) is 6.77. The smallest absolute Gasteiger partial charge is 0.228 e. The number of anilines is 1. The number of nitrogens with zero attached hydrogens (tertiary/aromatic N) is 2. The van der Waals surface area contributed by atoms with E-state index >= 15 is 0 Å². The second-order valence-corrected chi connectivity index (χ2v) is 6.14. The van der Waals surface area contributed by atoms with E-state index in [2.05, 4.69) is 22.5 Å².